The molecule has 0 unspecified atom stereocenters. The van der Waals surface area contributed by atoms with Crippen molar-refractivity contribution in [2.24, 2.45) is 0 Å². The fourth-order valence-electron chi connectivity index (χ4n) is 1.62. The molecule has 2 N–H and O–H groups in total. The van der Waals surface area contributed by atoms with E-state index in [-0.39, 0.29) is 11.3 Å². The predicted molar refractivity (Wildman–Crippen MR) is 84.1 cm³/mol. The Hall–Kier alpha value is -1.82. The number of thioether (sulfide) groups is 1. The number of H-pyrrole nitrogens is 1. The van der Waals surface area contributed by atoms with E-state index in [1.165, 1.54) is 11.8 Å². The molecule has 0 saturated carbocycles. The highest BCUT2D eigenvalue weighted by atomic mass is 32.2. The van der Waals surface area contributed by atoms with Gasteiger partial charge in [0.1, 0.15) is 5.82 Å². The highest BCUT2D eigenvalue weighted by Gasteiger charge is 2.19. The largest absolute Gasteiger partial charge is 0.351 e. The molecule has 1 amide bonds. The lowest BCUT2D eigenvalue weighted by Gasteiger charge is -2.12. The molecular weight excluding hydrogens is 284 g/mol. The first-order valence-electron chi connectivity index (χ1n) is 6.81. The van der Waals surface area contributed by atoms with Gasteiger partial charge in [0, 0.05) is 12.0 Å². The topological polar surface area (TPSA) is 70.7 Å². The van der Waals surface area contributed by atoms with Gasteiger partial charge in [0.05, 0.1) is 5.75 Å². The molecule has 21 heavy (non-hydrogen) atoms. The molecule has 0 bridgehead atoms. The maximum atomic E-state index is 11.8. The molecule has 0 atom stereocenters. The van der Waals surface area contributed by atoms with E-state index in [9.17, 15) is 4.79 Å². The van der Waals surface area contributed by atoms with E-state index in [1.807, 2.05) is 30.3 Å². The minimum Gasteiger partial charge on any atom is -0.351 e. The lowest BCUT2D eigenvalue weighted by Crippen LogP contribution is -2.24. The summed E-state index contributed by atoms with van der Waals surface area (Å²) in [5.41, 5.74) is 1.02. The first-order valence-corrected chi connectivity index (χ1v) is 7.80. The first kappa shape index (κ1) is 15.6. The highest BCUT2D eigenvalue weighted by Crippen LogP contribution is 2.20. The zero-order valence-electron chi connectivity index (χ0n) is 12.5. The number of benzene rings is 1. The Morgan fingerprint density at radius 2 is 2.00 bits per heavy atom. The summed E-state index contributed by atoms with van der Waals surface area (Å²) in [5.74, 6) is 1.12. The molecule has 1 heterocycles. The molecule has 112 valence electrons. The molecule has 5 nitrogen and oxygen atoms in total. The fraction of sp³-hybridized carbons (Fsp3) is 0.400. The van der Waals surface area contributed by atoms with Gasteiger partial charge in [0.15, 0.2) is 0 Å². The third-order valence-corrected chi connectivity index (χ3v) is 3.69. The number of nitrogens with zero attached hydrogens (tertiary/aromatic N) is 2. The van der Waals surface area contributed by atoms with Gasteiger partial charge < -0.3 is 5.32 Å². The average molecular weight is 304 g/mol. The van der Waals surface area contributed by atoms with Crippen LogP contribution >= 0.6 is 11.8 Å². The number of carbonyl (C=O) groups excluding carboxylic acids is 1. The monoisotopic (exact) mass is 304 g/mol. The minimum atomic E-state index is -0.0681. The number of hydrogen-bond donors (Lipinski definition) is 2. The Bertz CT molecular complexity index is 589. The molecule has 0 radical (unpaired) electrons. The lowest BCUT2D eigenvalue weighted by molar-refractivity contribution is -0.118. The Morgan fingerprint density at radius 1 is 1.29 bits per heavy atom. The van der Waals surface area contributed by atoms with Gasteiger partial charge in [0.2, 0.25) is 11.1 Å². The quantitative estimate of drug-likeness (QED) is 0.833. The van der Waals surface area contributed by atoms with Crippen LogP contribution in [0, 0.1) is 0 Å². The number of aromatic amines is 1. The summed E-state index contributed by atoms with van der Waals surface area (Å²) in [4.78, 5) is 16.2. The van der Waals surface area contributed by atoms with E-state index in [2.05, 4.69) is 41.3 Å². The van der Waals surface area contributed by atoms with Crippen LogP contribution in [-0.2, 0) is 16.8 Å². The Kier molecular flexibility index (Phi) is 5.01. The highest BCUT2D eigenvalue weighted by molar-refractivity contribution is 7.99. The van der Waals surface area contributed by atoms with Gasteiger partial charge in [-0.1, -0.05) is 62.9 Å². The van der Waals surface area contributed by atoms with Gasteiger partial charge in [0.25, 0.3) is 0 Å². The van der Waals surface area contributed by atoms with Crippen molar-refractivity contribution in [3.63, 3.8) is 0 Å². The SMILES string of the molecule is CC(C)(C)c1nc(SCC(=O)NCc2ccccc2)n[nH]1. The summed E-state index contributed by atoms with van der Waals surface area (Å²) in [6.07, 6.45) is 0. The molecule has 0 saturated heterocycles. The Balaban J connectivity index is 1.78. The van der Waals surface area contributed by atoms with Crippen molar-refractivity contribution in [2.75, 3.05) is 5.75 Å². The zero-order chi connectivity index (χ0) is 15.3. The number of aromatic nitrogens is 3. The lowest BCUT2D eigenvalue weighted by atomic mass is 9.96. The van der Waals surface area contributed by atoms with Crippen molar-refractivity contribution in [3.8, 4) is 0 Å². The van der Waals surface area contributed by atoms with E-state index in [4.69, 9.17) is 0 Å². The second-order valence-corrected chi connectivity index (χ2v) is 6.71. The normalized spacial score (nSPS) is 11.4. The Labute approximate surface area is 128 Å². The smallest absolute Gasteiger partial charge is 0.230 e. The number of rotatable bonds is 5. The van der Waals surface area contributed by atoms with Gasteiger partial charge in [-0.15, -0.1) is 5.10 Å². The van der Waals surface area contributed by atoms with Crippen LogP contribution in [0.25, 0.3) is 0 Å². The Morgan fingerprint density at radius 3 is 2.62 bits per heavy atom. The van der Waals surface area contributed by atoms with Crippen LogP contribution in [0.4, 0.5) is 0 Å². The maximum absolute atomic E-state index is 11.8. The predicted octanol–water partition coefficient (Wildman–Crippen LogP) is 2.51. The summed E-state index contributed by atoms with van der Waals surface area (Å²) < 4.78 is 0. The minimum absolute atomic E-state index is 0.0223. The molecule has 0 aliphatic rings. The van der Waals surface area contributed by atoms with Crippen LogP contribution in [-0.4, -0.2) is 26.8 Å². The standard InChI is InChI=1S/C15H20N4OS/c1-15(2,3)13-17-14(19-18-13)21-10-12(20)16-9-11-7-5-4-6-8-11/h4-8H,9-10H2,1-3H3,(H,16,20)(H,17,18,19). The fourth-order valence-corrected chi connectivity index (χ4v) is 2.25. The van der Waals surface area contributed by atoms with Gasteiger partial charge >= 0.3 is 0 Å². The van der Waals surface area contributed by atoms with Crippen LogP contribution in [0.5, 0.6) is 0 Å². The molecule has 1 aromatic carbocycles. The van der Waals surface area contributed by atoms with E-state index < -0.39 is 0 Å². The van der Waals surface area contributed by atoms with Crippen LogP contribution < -0.4 is 5.32 Å². The van der Waals surface area contributed by atoms with Crippen LogP contribution in [0.15, 0.2) is 35.5 Å². The van der Waals surface area contributed by atoms with Crippen LogP contribution in [0.1, 0.15) is 32.2 Å². The second kappa shape index (κ2) is 6.76. The molecule has 2 rings (SSSR count). The molecular formula is C15H20N4OS. The zero-order valence-corrected chi connectivity index (χ0v) is 13.3. The molecule has 0 aliphatic heterocycles. The van der Waals surface area contributed by atoms with Crippen molar-refractivity contribution in [3.05, 3.63) is 41.7 Å². The third-order valence-electron chi connectivity index (χ3n) is 2.84. The van der Waals surface area contributed by atoms with Gasteiger partial charge in [-0.3, -0.25) is 9.89 Å². The van der Waals surface area contributed by atoms with Crippen molar-refractivity contribution in [2.45, 2.75) is 37.9 Å². The van der Waals surface area contributed by atoms with Gasteiger partial charge in [-0.2, -0.15) is 0 Å². The first-order chi connectivity index (χ1) is 9.95. The summed E-state index contributed by atoms with van der Waals surface area (Å²) >= 11 is 1.34. The summed E-state index contributed by atoms with van der Waals surface area (Å²) in [7, 11) is 0. The average Bonchev–Trinajstić information content (AvgIpc) is 2.93. The number of nitrogens with one attached hydrogen (secondary N) is 2. The maximum Gasteiger partial charge on any atom is 0.230 e. The molecule has 0 aliphatic carbocycles. The second-order valence-electron chi connectivity index (χ2n) is 5.77. The van der Waals surface area contributed by atoms with Crippen LogP contribution in [0.2, 0.25) is 0 Å². The van der Waals surface area contributed by atoms with E-state index in [0.717, 1.165) is 11.4 Å². The van der Waals surface area contributed by atoms with Crippen LogP contribution in [0.3, 0.4) is 0 Å². The molecule has 0 fully saturated rings. The van der Waals surface area contributed by atoms with Gasteiger partial charge in [-0.25, -0.2) is 4.98 Å². The summed E-state index contributed by atoms with van der Waals surface area (Å²) in [5, 5.41) is 10.5. The van der Waals surface area contributed by atoms with Crippen molar-refractivity contribution in [1.29, 1.82) is 0 Å². The molecule has 1 aromatic heterocycles. The number of amides is 1. The van der Waals surface area contributed by atoms with E-state index >= 15 is 0 Å². The summed E-state index contributed by atoms with van der Waals surface area (Å²) in [6, 6.07) is 9.84. The van der Waals surface area contributed by atoms with E-state index in [0.29, 0.717) is 17.5 Å². The third kappa shape index (κ3) is 4.90. The van der Waals surface area contributed by atoms with Crippen molar-refractivity contribution in [1.82, 2.24) is 20.5 Å². The molecule has 6 heteroatoms. The molecule has 2 aromatic rings. The number of hydrogen-bond acceptors (Lipinski definition) is 4. The number of carbonyl (C=O) groups is 1. The molecule has 0 spiro atoms. The van der Waals surface area contributed by atoms with Crippen molar-refractivity contribution < 1.29 is 4.79 Å². The summed E-state index contributed by atoms with van der Waals surface area (Å²) in [6.45, 7) is 6.74. The van der Waals surface area contributed by atoms with Crippen molar-refractivity contribution >= 4 is 17.7 Å². The van der Waals surface area contributed by atoms with E-state index in [1.54, 1.807) is 0 Å². The van der Waals surface area contributed by atoms with Gasteiger partial charge in [-0.05, 0) is 5.56 Å².